The molecule has 0 N–H and O–H groups in total. The number of rotatable bonds is 5. The first-order chi connectivity index (χ1) is 6.43. The van der Waals surface area contributed by atoms with E-state index in [0.717, 1.165) is 0 Å². The summed E-state index contributed by atoms with van der Waals surface area (Å²) in [5.41, 5.74) is 0. The summed E-state index contributed by atoms with van der Waals surface area (Å²) in [6, 6.07) is 0. The van der Waals surface area contributed by atoms with Gasteiger partial charge in [0.05, 0.1) is 5.75 Å². The van der Waals surface area contributed by atoms with Gasteiger partial charge in [-0.05, 0) is 0 Å². The lowest BCUT2D eigenvalue weighted by Crippen LogP contribution is -2.62. The van der Waals surface area contributed by atoms with Gasteiger partial charge in [0, 0.05) is 5.88 Å². The molecule has 7 heteroatoms. The monoisotopic (exact) mass is 287 g/mol. The lowest BCUT2D eigenvalue weighted by molar-refractivity contribution is 0.573. The molecule has 92 valence electrons. The Bertz CT molecular complexity index is 292. The molecule has 15 heavy (non-hydrogen) atoms. The molecule has 0 aromatic carbocycles. The molecule has 0 amide bonds. The van der Waals surface area contributed by atoms with Crippen LogP contribution in [0.3, 0.4) is 0 Å². The van der Waals surface area contributed by atoms with Crippen LogP contribution in [0.25, 0.3) is 0 Å². The van der Waals surface area contributed by atoms with E-state index in [0.29, 0.717) is 0 Å². The summed E-state index contributed by atoms with van der Waals surface area (Å²) in [6.45, 7) is 12.4. The van der Waals surface area contributed by atoms with Gasteiger partial charge in [-0.25, -0.2) is 12.1 Å². The van der Waals surface area contributed by atoms with Gasteiger partial charge in [0.15, 0.2) is 0 Å². The molecule has 0 bridgehead atoms. The van der Waals surface area contributed by atoms with E-state index in [1.165, 1.54) is 0 Å². The molecule has 0 spiro atoms. The first-order valence-corrected chi connectivity index (χ1v) is 14.1. The predicted octanol–water partition coefficient (Wildman–Crippen LogP) is 2.53. The van der Waals surface area contributed by atoms with E-state index in [9.17, 15) is 8.42 Å². The summed E-state index contributed by atoms with van der Waals surface area (Å²) in [5.74, 6) is 0.233. The van der Waals surface area contributed by atoms with E-state index in [1.807, 2.05) is 3.64 Å². The molecule has 0 aromatic rings. The van der Waals surface area contributed by atoms with Crippen molar-refractivity contribution in [3.63, 3.8) is 0 Å². The summed E-state index contributed by atoms with van der Waals surface area (Å²) in [5, 5.41) is 0. The van der Waals surface area contributed by atoms with Crippen LogP contribution >= 0.6 is 11.6 Å². The van der Waals surface area contributed by atoms with Gasteiger partial charge in [-0.3, -0.25) is 0 Å². The first kappa shape index (κ1) is 15.6. The van der Waals surface area contributed by atoms with Gasteiger partial charge >= 0.3 is 0 Å². The molecule has 0 rings (SSSR count). The lowest BCUT2D eigenvalue weighted by Gasteiger charge is -2.41. The Morgan fingerprint density at radius 1 is 1.00 bits per heavy atom. The van der Waals surface area contributed by atoms with Crippen molar-refractivity contribution in [3.05, 3.63) is 0 Å². The fraction of sp³-hybridized carbons (Fsp3) is 1.00. The van der Waals surface area contributed by atoms with Crippen LogP contribution in [0.2, 0.25) is 39.3 Å². The molecule has 3 nitrogen and oxygen atoms in total. The highest BCUT2D eigenvalue weighted by atomic mass is 35.5. The number of halogens is 1. The zero-order valence-corrected chi connectivity index (χ0v) is 14.0. The van der Waals surface area contributed by atoms with Crippen molar-refractivity contribution in [2.75, 3.05) is 11.6 Å². The number of sulfonamides is 1. The fourth-order valence-electron chi connectivity index (χ4n) is 2.03. The Balaban J connectivity index is 5.34. The minimum absolute atomic E-state index is 0.0586. The highest BCUT2D eigenvalue weighted by molar-refractivity contribution is 7.92. The quantitative estimate of drug-likeness (QED) is 0.576. The topological polar surface area (TPSA) is 37.4 Å². The minimum Gasteiger partial charge on any atom is -0.247 e. The largest absolute Gasteiger partial charge is 0.247 e. The van der Waals surface area contributed by atoms with Crippen LogP contribution in [-0.2, 0) is 10.0 Å². The standard InChI is InChI=1S/C8H22ClNO2SSi2/c1-14(2,3)10(15(4,5)6)13(11,12)8-7-9/h7-8H2,1-6H3. The second-order valence-electron chi connectivity index (χ2n) is 5.61. The Kier molecular flexibility index (Phi) is 5.08. The van der Waals surface area contributed by atoms with Crippen molar-refractivity contribution in [3.8, 4) is 0 Å². The first-order valence-electron chi connectivity index (χ1n) is 5.02. The van der Waals surface area contributed by atoms with E-state index < -0.39 is 26.5 Å². The van der Waals surface area contributed by atoms with Gasteiger partial charge in [0.25, 0.3) is 0 Å². The van der Waals surface area contributed by atoms with E-state index >= 15 is 0 Å². The number of nitrogens with zero attached hydrogens (tertiary/aromatic N) is 1. The van der Waals surface area contributed by atoms with E-state index in [4.69, 9.17) is 11.6 Å². The summed E-state index contributed by atoms with van der Waals surface area (Å²) >= 11 is 5.56. The van der Waals surface area contributed by atoms with E-state index in [-0.39, 0.29) is 11.6 Å². The van der Waals surface area contributed by atoms with Crippen LogP contribution in [0.4, 0.5) is 0 Å². The molecule has 0 saturated carbocycles. The molecule has 0 aliphatic carbocycles. The summed E-state index contributed by atoms with van der Waals surface area (Å²) < 4.78 is 26.1. The van der Waals surface area contributed by atoms with E-state index in [2.05, 4.69) is 39.3 Å². The second kappa shape index (κ2) is 4.87. The highest BCUT2D eigenvalue weighted by Crippen LogP contribution is 2.24. The molecule has 0 unspecified atom stereocenters. The third-order valence-electron chi connectivity index (χ3n) is 1.83. The normalized spacial score (nSPS) is 14.7. The molecule has 0 fully saturated rings. The molecule has 0 heterocycles. The highest BCUT2D eigenvalue weighted by Gasteiger charge is 2.42. The summed E-state index contributed by atoms with van der Waals surface area (Å²) in [7, 11) is -6.86. The van der Waals surface area contributed by atoms with E-state index in [1.54, 1.807) is 0 Å². The van der Waals surface area contributed by atoms with Gasteiger partial charge in [-0.2, -0.15) is 0 Å². The van der Waals surface area contributed by atoms with Crippen molar-refractivity contribution in [2.45, 2.75) is 39.3 Å². The third-order valence-corrected chi connectivity index (χ3v) is 14.9. The average Bonchev–Trinajstić information content (AvgIpc) is 1.75. The minimum atomic E-state index is -3.16. The van der Waals surface area contributed by atoms with Crippen LogP contribution in [0.15, 0.2) is 0 Å². The van der Waals surface area contributed by atoms with Crippen molar-refractivity contribution in [1.29, 1.82) is 0 Å². The van der Waals surface area contributed by atoms with Crippen LogP contribution in [0.5, 0.6) is 0 Å². The molecular formula is C8H22ClNO2SSi2. The van der Waals surface area contributed by atoms with Gasteiger partial charge in [0.1, 0.15) is 16.5 Å². The molecule has 0 aliphatic rings. The Morgan fingerprint density at radius 2 is 1.33 bits per heavy atom. The number of hydrogen-bond donors (Lipinski definition) is 0. The van der Waals surface area contributed by atoms with Crippen LogP contribution in [-0.4, -0.2) is 40.2 Å². The van der Waals surface area contributed by atoms with Crippen molar-refractivity contribution < 1.29 is 8.42 Å². The van der Waals surface area contributed by atoms with Crippen molar-refractivity contribution in [2.24, 2.45) is 0 Å². The van der Waals surface area contributed by atoms with Crippen LogP contribution in [0, 0.1) is 0 Å². The maximum atomic E-state index is 12.1. The average molecular weight is 288 g/mol. The van der Waals surface area contributed by atoms with Gasteiger partial charge in [-0.1, -0.05) is 39.3 Å². The van der Waals surface area contributed by atoms with Gasteiger partial charge in [0.2, 0.25) is 10.0 Å². The van der Waals surface area contributed by atoms with Crippen LogP contribution in [0.1, 0.15) is 0 Å². The Morgan fingerprint density at radius 3 is 1.53 bits per heavy atom. The second-order valence-corrected chi connectivity index (χ2v) is 18.6. The zero-order chi connectivity index (χ0) is 12.5. The van der Waals surface area contributed by atoms with Crippen molar-refractivity contribution >= 4 is 38.1 Å². The summed E-state index contributed by atoms with van der Waals surface area (Å²) in [6.07, 6.45) is 0. The number of alkyl halides is 1. The maximum Gasteiger partial charge on any atom is 0.203 e. The van der Waals surface area contributed by atoms with Gasteiger partial charge < -0.3 is 0 Å². The molecule has 0 saturated heterocycles. The summed E-state index contributed by atoms with van der Waals surface area (Å²) in [4.78, 5) is 0. The number of hydrogen-bond acceptors (Lipinski definition) is 2. The zero-order valence-electron chi connectivity index (χ0n) is 10.5. The maximum absolute atomic E-state index is 12.1. The third kappa shape index (κ3) is 4.56. The molecule has 0 aliphatic heterocycles. The van der Waals surface area contributed by atoms with Crippen molar-refractivity contribution in [1.82, 2.24) is 3.64 Å². The molecule has 0 radical (unpaired) electrons. The van der Waals surface area contributed by atoms with Gasteiger partial charge in [-0.15, -0.1) is 11.6 Å². The lowest BCUT2D eigenvalue weighted by atomic mass is 11.0. The predicted molar refractivity (Wildman–Crippen MR) is 73.0 cm³/mol. The fourth-order valence-corrected chi connectivity index (χ4v) is 18.3. The SMILES string of the molecule is C[Si](C)(C)N([Si](C)(C)C)S(=O)(=O)CCCl. The molecule has 0 atom stereocenters. The Labute approximate surface area is 101 Å². The molecular weight excluding hydrogens is 266 g/mol. The molecule has 0 aromatic heterocycles. The Hall–Kier alpha value is 0.634. The smallest absolute Gasteiger partial charge is 0.203 e. The van der Waals surface area contributed by atoms with Crippen LogP contribution < -0.4 is 0 Å².